The summed E-state index contributed by atoms with van der Waals surface area (Å²) in [4.78, 5) is 23.5. The van der Waals surface area contributed by atoms with Crippen molar-refractivity contribution in [2.24, 2.45) is 0 Å². The minimum atomic E-state index is -1.38. The lowest BCUT2D eigenvalue weighted by atomic mass is 10.1. The highest BCUT2D eigenvalue weighted by Crippen LogP contribution is 2.32. The third kappa shape index (κ3) is 2.38. The van der Waals surface area contributed by atoms with Gasteiger partial charge in [-0.25, -0.2) is 9.18 Å². The second-order valence-electron chi connectivity index (χ2n) is 5.05. The Kier molecular flexibility index (Phi) is 3.52. The summed E-state index contributed by atoms with van der Waals surface area (Å²) in [5.41, 5.74) is -0.847. The van der Waals surface area contributed by atoms with Crippen LogP contribution in [-0.2, 0) is 4.79 Å². The number of nitrogens with one attached hydrogen (secondary N) is 1. The first-order valence-electron chi connectivity index (χ1n) is 5.97. The lowest BCUT2D eigenvalue weighted by Crippen LogP contribution is -2.49. The number of aryl methyl sites for hydroxylation is 1. The zero-order valence-electron chi connectivity index (χ0n) is 11.3. The van der Waals surface area contributed by atoms with E-state index in [9.17, 15) is 14.0 Å². The molecule has 0 aliphatic heterocycles. The SMILES string of the molecule is Cc1c(C(=O)NC(C)(C)C(=O)O)sc2cccc(F)c12. The number of hydrogen-bond acceptors (Lipinski definition) is 3. The minimum Gasteiger partial charge on any atom is -0.480 e. The molecule has 0 unspecified atom stereocenters. The molecule has 0 saturated carbocycles. The standard InChI is InChI=1S/C14H14FNO3S/c1-7-10-8(15)5-4-6-9(10)20-11(7)12(17)16-14(2,3)13(18)19/h4-6H,1-3H3,(H,16,17)(H,18,19). The van der Waals surface area contributed by atoms with Gasteiger partial charge < -0.3 is 10.4 Å². The van der Waals surface area contributed by atoms with Crippen LogP contribution in [0.5, 0.6) is 0 Å². The molecule has 1 heterocycles. The van der Waals surface area contributed by atoms with Crippen molar-refractivity contribution in [3.63, 3.8) is 0 Å². The van der Waals surface area contributed by atoms with Gasteiger partial charge in [0.25, 0.3) is 5.91 Å². The maximum atomic E-state index is 13.8. The monoisotopic (exact) mass is 295 g/mol. The van der Waals surface area contributed by atoms with Crippen molar-refractivity contribution in [2.45, 2.75) is 26.3 Å². The third-order valence-electron chi connectivity index (χ3n) is 3.07. The van der Waals surface area contributed by atoms with Gasteiger partial charge in [-0.2, -0.15) is 0 Å². The zero-order chi connectivity index (χ0) is 15.1. The number of fused-ring (bicyclic) bond motifs is 1. The van der Waals surface area contributed by atoms with Crippen molar-refractivity contribution >= 4 is 33.3 Å². The summed E-state index contributed by atoms with van der Waals surface area (Å²) in [7, 11) is 0. The number of hydrogen-bond donors (Lipinski definition) is 2. The summed E-state index contributed by atoms with van der Waals surface area (Å²) < 4.78 is 14.4. The lowest BCUT2D eigenvalue weighted by Gasteiger charge is -2.20. The highest BCUT2D eigenvalue weighted by Gasteiger charge is 2.30. The fourth-order valence-electron chi connectivity index (χ4n) is 1.86. The summed E-state index contributed by atoms with van der Waals surface area (Å²) in [5, 5.41) is 11.9. The molecule has 0 spiro atoms. The van der Waals surface area contributed by atoms with Crippen LogP contribution in [0, 0.1) is 12.7 Å². The van der Waals surface area contributed by atoms with Gasteiger partial charge in [-0.1, -0.05) is 6.07 Å². The molecule has 0 aliphatic carbocycles. The third-order valence-corrected chi connectivity index (χ3v) is 4.33. The van der Waals surface area contributed by atoms with Crippen LogP contribution in [0.1, 0.15) is 29.1 Å². The normalized spacial score (nSPS) is 11.6. The molecule has 20 heavy (non-hydrogen) atoms. The van der Waals surface area contributed by atoms with Crippen molar-refractivity contribution < 1.29 is 19.1 Å². The maximum absolute atomic E-state index is 13.8. The molecule has 0 bridgehead atoms. The molecule has 0 aliphatic rings. The quantitative estimate of drug-likeness (QED) is 0.915. The Bertz CT molecular complexity index is 706. The van der Waals surface area contributed by atoms with E-state index in [1.54, 1.807) is 19.1 Å². The van der Waals surface area contributed by atoms with Crippen molar-refractivity contribution in [1.29, 1.82) is 0 Å². The van der Waals surface area contributed by atoms with E-state index < -0.39 is 17.4 Å². The number of benzene rings is 1. The molecule has 2 rings (SSSR count). The first kappa shape index (κ1) is 14.5. The number of carbonyl (C=O) groups excluding carboxylic acids is 1. The summed E-state index contributed by atoms with van der Waals surface area (Å²) >= 11 is 1.15. The number of rotatable bonds is 3. The maximum Gasteiger partial charge on any atom is 0.328 e. The first-order chi connectivity index (χ1) is 9.24. The molecule has 4 nitrogen and oxygen atoms in total. The highest BCUT2D eigenvalue weighted by molar-refractivity contribution is 7.21. The van der Waals surface area contributed by atoms with Crippen LogP contribution in [-0.4, -0.2) is 22.5 Å². The number of thiophene rings is 1. The van der Waals surface area contributed by atoms with E-state index >= 15 is 0 Å². The molecular weight excluding hydrogens is 281 g/mol. The van der Waals surface area contributed by atoms with Crippen LogP contribution in [0.25, 0.3) is 10.1 Å². The van der Waals surface area contributed by atoms with Gasteiger partial charge in [-0.15, -0.1) is 11.3 Å². The molecule has 0 radical (unpaired) electrons. The van der Waals surface area contributed by atoms with Crippen LogP contribution in [0.15, 0.2) is 18.2 Å². The Labute approximate surface area is 119 Å². The van der Waals surface area contributed by atoms with E-state index in [1.807, 2.05) is 0 Å². The van der Waals surface area contributed by atoms with Gasteiger partial charge >= 0.3 is 5.97 Å². The van der Waals surface area contributed by atoms with Crippen LogP contribution in [0.2, 0.25) is 0 Å². The molecule has 2 aromatic rings. The van der Waals surface area contributed by atoms with Crippen molar-refractivity contribution in [3.8, 4) is 0 Å². The van der Waals surface area contributed by atoms with E-state index in [-0.39, 0.29) is 5.82 Å². The smallest absolute Gasteiger partial charge is 0.328 e. The number of amides is 1. The predicted molar refractivity (Wildman–Crippen MR) is 75.7 cm³/mol. The molecule has 1 aromatic heterocycles. The molecule has 2 N–H and O–H groups in total. The van der Waals surface area contributed by atoms with Crippen molar-refractivity contribution in [2.75, 3.05) is 0 Å². The fraction of sp³-hybridized carbons (Fsp3) is 0.286. The number of halogens is 1. The number of carboxylic acid groups (broad SMARTS) is 1. The van der Waals surface area contributed by atoms with Gasteiger partial charge in [-0.3, -0.25) is 4.79 Å². The summed E-state index contributed by atoms with van der Waals surface area (Å²) in [6.07, 6.45) is 0. The van der Waals surface area contributed by atoms with Gasteiger partial charge in [0.2, 0.25) is 0 Å². The van der Waals surface area contributed by atoms with Crippen molar-refractivity contribution in [1.82, 2.24) is 5.32 Å². The zero-order valence-corrected chi connectivity index (χ0v) is 12.1. The lowest BCUT2D eigenvalue weighted by molar-refractivity contribution is -0.143. The molecular formula is C14H14FNO3S. The van der Waals surface area contributed by atoms with E-state index in [4.69, 9.17) is 5.11 Å². The molecule has 0 saturated heterocycles. The van der Waals surface area contributed by atoms with Gasteiger partial charge in [0.05, 0.1) is 4.88 Å². The molecule has 106 valence electrons. The summed E-state index contributed by atoms with van der Waals surface area (Å²) in [6.45, 7) is 4.46. The van der Waals surface area contributed by atoms with E-state index in [1.165, 1.54) is 19.9 Å². The Morgan fingerprint density at radius 1 is 1.35 bits per heavy atom. The second kappa shape index (κ2) is 4.86. The predicted octanol–water partition coefficient (Wildman–Crippen LogP) is 2.94. The highest BCUT2D eigenvalue weighted by atomic mass is 32.1. The van der Waals surface area contributed by atoms with Crippen LogP contribution < -0.4 is 5.32 Å². The average molecular weight is 295 g/mol. The van der Waals surface area contributed by atoms with Gasteiger partial charge in [0.15, 0.2) is 0 Å². The first-order valence-corrected chi connectivity index (χ1v) is 6.79. The van der Waals surface area contributed by atoms with Gasteiger partial charge in [0, 0.05) is 10.1 Å². The van der Waals surface area contributed by atoms with Gasteiger partial charge in [-0.05, 0) is 38.5 Å². The number of aliphatic carboxylic acids is 1. The largest absolute Gasteiger partial charge is 0.480 e. The summed E-state index contributed by atoms with van der Waals surface area (Å²) in [6, 6.07) is 4.65. The topological polar surface area (TPSA) is 66.4 Å². The molecule has 0 fully saturated rings. The van der Waals surface area contributed by atoms with Gasteiger partial charge in [0.1, 0.15) is 11.4 Å². The molecule has 6 heteroatoms. The Hall–Kier alpha value is -1.95. The van der Waals surface area contributed by atoms with E-state index in [2.05, 4.69) is 5.32 Å². The fourth-order valence-corrected chi connectivity index (χ4v) is 2.98. The average Bonchev–Trinajstić information content (AvgIpc) is 2.67. The molecule has 1 amide bonds. The van der Waals surface area contributed by atoms with Crippen LogP contribution >= 0.6 is 11.3 Å². The summed E-state index contributed by atoms with van der Waals surface area (Å²) in [5.74, 6) is -2.01. The van der Waals surface area contributed by atoms with E-state index in [0.717, 1.165) is 11.3 Å². The van der Waals surface area contributed by atoms with Crippen LogP contribution in [0.3, 0.4) is 0 Å². The number of carbonyl (C=O) groups is 2. The van der Waals surface area contributed by atoms with Crippen LogP contribution in [0.4, 0.5) is 4.39 Å². The molecule has 1 aromatic carbocycles. The van der Waals surface area contributed by atoms with Crippen molar-refractivity contribution in [3.05, 3.63) is 34.5 Å². The Balaban J connectivity index is 2.44. The number of carboxylic acids is 1. The van der Waals surface area contributed by atoms with E-state index in [0.29, 0.717) is 20.5 Å². The minimum absolute atomic E-state index is 0.333. The Morgan fingerprint density at radius 2 is 2.00 bits per heavy atom. The molecule has 0 atom stereocenters. The Morgan fingerprint density at radius 3 is 2.55 bits per heavy atom. The second-order valence-corrected chi connectivity index (χ2v) is 6.11.